The van der Waals surface area contributed by atoms with Gasteiger partial charge in [0.1, 0.15) is 17.1 Å². The van der Waals surface area contributed by atoms with E-state index in [1.807, 2.05) is 61.5 Å². The minimum Gasteiger partial charge on any atom is -0.497 e. The number of hydrogen-bond donors (Lipinski definition) is 1. The van der Waals surface area contributed by atoms with Gasteiger partial charge in [-0.05, 0) is 48.0 Å². The number of ether oxygens (including phenoxy) is 2. The van der Waals surface area contributed by atoms with Crippen LogP contribution in [0.25, 0.3) is 21.7 Å². The van der Waals surface area contributed by atoms with Crippen LogP contribution in [0.2, 0.25) is 0 Å². The lowest BCUT2D eigenvalue weighted by Crippen LogP contribution is -2.26. The fourth-order valence-electron chi connectivity index (χ4n) is 3.43. The standard InChI is InChI=1S/C23H21NO4/c1-14(18-12-16(26-2)9-11-20(18)27-3)24-23(25)22-13-19-17-7-5-4-6-15(17)8-10-21(19)28-22/h4-14H,1-3H3,(H,24,25). The van der Waals surface area contributed by atoms with Crippen LogP contribution in [0, 0.1) is 0 Å². The zero-order chi connectivity index (χ0) is 19.7. The van der Waals surface area contributed by atoms with E-state index in [9.17, 15) is 4.79 Å². The Bertz CT molecular complexity index is 1160. The molecule has 0 spiro atoms. The second-order valence-corrected chi connectivity index (χ2v) is 6.61. The Hall–Kier alpha value is -3.47. The zero-order valence-corrected chi connectivity index (χ0v) is 16.0. The molecule has 3 aromatic carbocycles. The molecular weight excluding hydrogens is 354 g/mol. The normalized spacial score (nSPS) is 12.1. The van der Waals surface area contributed by atoms with Gasteiger partial charge in [-0.15, -0.1) is 0 Å². The number of fused-ring (bicyclic) bond motifs is 3. The molecule has 0 radical (unpaired) electrons. The fourth-order valence-corrected chi connectivity index (χ4v) is 3.43. The van der Waals surface area contributed by atoms with Gasteiger partial charge in [0.05, 0.1) is 20.3 Å². The molecule has 28 heavy (non-hydrogen) atoms. The van der Waals surface area contributed by atoms with Crippen molar-refractivity contribution in [3.63, 3.8) is 0 Å². The maximum Gasteiger partial charge on any atom is 0.287 e. The van der Waals surface area contributed by atoms with Crippen LogP contribution in [-0.4, -0.2) is 20.1 Å². The van der Waals surface area contributed by atoms with Crippen molar-refractivity contribution in [2.24, 2.45) is 0 Å². The highest BCUT2D eigenvalue weighted by molar-refractivity contribution is 6.08. The largest absolute Gasteiger partial charge is 0.497 e. The Morgan fingerprint density at radius 3 is 2.57 bits per heavy atom. The Labute approximate surface area is 162 Å². The third-order valence-electron chi connectivity index (χ3n) is 4.90. The summed E-state index contributed by atoms with van der Waals surface area (Å²) in [7, 11) is 3.21. The average molecular weight is 375 g/mol. The number of nitrogens with one attached hydrogen (secondary N) is 1. The van der Waals surface area contributed by atoms with Crippen molar-refractivity contribution in [1.82, 2.24) is 5.32 Å². The van der Waals surface area contributed by atoms with Crippen molar-refractivity contribution in [1.29, 1.82) is 0 Å². The maximum absolute atomic E-state index is 12.8. The summed E-state index contributed by atoms with van der Waals surface area (Å²) < 4.78 is 16.5. The van der Waals surface area contributed by atoms with Crippen LogP contribution in [0.1, 0.15) is 29.1 Å². The highest BCUT2D eigenvalue weighted by Crippen LogP contribution is 2.31. The molecule has 1 atom stereocenters. The molecule has 0 fully saturated rings. The molecule has 1 heterocycles. The molecule has 0 aliphatic heterocycles. The molecule has 1 amide bonds. The van der Waals surface area contributed by atoms with E-state index in [-0.39, 0.29) is 17.7 Å². The van der Waals surface area contributed by atoms with Crippen molar-refractivity contribution in [2.45, 2.75) is 13.0 Å². The second-order valence-electron chi connectivity index (χ2n) is 6.61. The van der Waals surface area contributed by atoms with Crippen LogP contribution in [0.5, 0.6) is 11.5 Å². The summed E-state index contributed by atoms with van der Waals surface area (Å²) in [4.78, 5) is 12.8. The molecular formula is C23H21NO4. The van der Waals surface area contributed by atoms with Gasteiger partial charge in [-0.25, -0.2) is 0 Å². The molecule has 0 aliphatic carbocycles. The molecule has 4 aromatic rings. The number of rotatable bonds is 5. The Balaban J connectivity index is 1.64. The van der Waals surface area contributed by atoms with E-state index in [0.717, 1.165) is 21.7 Å². The van der Waals surface area contributed by atoms with E-state index in [0.29, 0.717) is 17.1 Å². The first kappa shape index (κ1) is 17.9. The predicted octanol–water partition coefficient (Wildman–Crippen LogP) is 5.09. The van der Waals surface area contributed by atoms with Gasteiger partial charge >= 0.3 is 0 Å². The van der Waals surface area contributed by atoms with Crippen LogP contribution >= 0.6 is 0 Å². The van der Waals surface area contributed by atoms with Gasteiger partial charge in [0.25, 0.3) is 5.91 Å². The smallest absolute Gasteiger partial charge is 0.287 e. The minimum atomic E-state index is -0.289. The van der Waals surface area contributed by atoms with Gasteiger partial charge in [0.2, 0.25) is 0 Å². The molecule has 0 bridgehead atoms. The van der Waals surface area contributed by atoms with Crippen molar-refractivity contribution < 1.29 is 18.7 Å². The van der Waals surface area contributed by atoms with Crippen LogP contribution in [0.4, 0.5) is 0 Å². The van der Waals surface area contributed by atoms with Gasteiger partial charge in [-0.1, -0.05) is 30.3 Å². The summed E-state index contributed by atoms with van der Waals surface area (Å²) in [5.41, 5.74) is 1.52. The fraction of sp³-hybridized carbons (Fsp3) is 0.174. The molecule has 0 saturated carbocycles. The Morgan fingerprint density at radius 2 is 1.79 bits per heavy atom. The highest BCUT2D eigenvalue weighted by atomic mass is 16.5. The van der Waals surface area contributed by atoms with Crippen molar-refractivity contribution in [3.05, 3.63) is 72.0 Å². The van der Waals surface area contributed by atoms with E-state index >= 15 is 0 Å². The van der Waals surface area contributed by atoms with Crippen LogP contribution in [0.3, 0.4) is 0 Å². The van der Waals surface area contributed by atoms with Gasteiger partial charge in [-0.2, -0.15) is 0 Å². The summed E-state index contributed by atoms with van der Waals surface area (Å²) in [5.74, 6) is 1.38. The quantitative estimate of drug-likeness (QED) is 0.527. The first-order valence-electron chi connectivity index (χ1n) is 9.05. The Kier molecular flexibility index (Phi) is 4.65. The molecule has 0 aliphatic rings. The number of benzene rings is 3. The van der Waals surface area contributed by atoms with Gasteiger partial charge in [-0.3, -0.25) is 4.79 Å². The molecule has 1 N–H and O–H groups in total. The number of carbonyl (C=O) groups excluding carboxylic acids is 1. The van der Waals surface area contributed by atoms with E-state index in [1.54, 1.807) is 20.3 Å². The molecule has 5 nitrogen and oxygen atoms in total. The molecule has 0 saturated heterocycles. The number of furan rings is 1. The SMILES string of the molecule is COc1ccc(OC)c(C(C)NC(=O)c2cc3c(ccc4ccccc43)o2)c1. The molecule has 142 valence electrons. The molecule has 1 aromatic heterocycles. The van der Waals surface area contributed by atoms with Crippen LogP contribution in [0.15, 0.2) is 65.1 Å². The van der Waals surface area contributed by atoms with E-state index < -0.39 is 0 Å². The van der Waals surface area contributed by atoms with Gasteiger partial charge in [0, 0.05) is 10.9 Å². The third-order valence-corrected chi connectivity index (χ3v) is 4.90. The third kappa shape index (κ3) is 3.16. The minimum absolute atomic E-state index is 0.278. The van der Waals surface area contributed by atoms with E-state index in [1.165, 1.54) is 0 Å². The molecule has 4 rings (SSSR count). The first-order valence-corrected chi connectivity index (χ1v) is 9.05. The zero-order valence-electron chi connectivity index (χ0n) is 16.0. The Morgan fingerprint density at radius 1 is 0.964 bits per heavy atom. The highest BCUT2D eigenvalue weighted by Gasteiger charge is 2.19. The van der Waals surface area contributed by atoms with Crippen molar-refractivity contribution in [3.8, 4) is 11.5 Å². The summed E-state index contributed by atoms with van der Waals surface area (Å²) in [6.45, 7) is 1.90. The maximum atomic E-state index is 12.8. The van der Waals surface area contributed by atoms with Crippen LogP contribution in [-0.2, 0) is 0 Å². The first-order chi connectivity index (χ1) is 13.6. The number of hydrogen-bond acceptors (Lipinski definition) is 4. The topological polar surface area (TPSA) is 60.7 Å². The summed E-state index contributed by atoms with van der Waals surface area (Å²) in [6, 6.07) is 18.9. The van der Waals surface area contributed by atoms with Gasteiger partial charge < -0.3 is 19.2 Å². The van der Waals surface area contributed by atoms with Crippen molar-refractivity contribution >= 4 is 27.6 Å². The summed E-state index contributed by atoms with van der Waals surface area (Å²) in [5, 5.41) is 6.07. The second kappa shape index (κ2) is 7.27. The number of methoxy groups -OCH3 is 2. The summed E-state index contributed by atoms with van der Waals surface area (Å²) in [6.07, 6.45) is 0. The average Bonchev–Trinajstić information content (AvgIpc) is 3.18. The lowest BCUT2D eigenvalue weighted by molar-refractivity contribution is 0.0913. The van der Waals surface area contributed by atoms with Crippen molar-refractivity contribution in [2.75, 3.05) is 14.2 Å². The number of amides is 1. The summed E-state index contributed by atoms with van der Waals surface area (Å²) >= 11 is 0. The predicted molar refractivity (Wildman–Crippen MR) is 109 cm³/mol. The van der Waals surface area contributed by atoms with Gasteiger partial charge in [0.15, 0.2) is 5.76 Å². The lowest BCUT2D eigenvalue weighted by atomic mass is 10.1. The monoisotopic (exact) mass is 375 g/mol. The van der Waals surface area contributed by atoms with Crippen LogP contribution < -0.4 is 14.8 Å². The van der Waals surface area contributed by atoms with E-state index in [4.69, 9.17) is 13.9 Å². The molecule has 5 heteroatoms. The number of carbonyl (C=O) groups is 1. The molecule has 1 unspecified atom stereocenters. The van der Waals surface area contributed by atoms with E-state index in [2.05, 4.69) is 5.32 Å². The lowest BCUT2D eigenvalue weighted by Gasteiger charge is -2.17.